The Kier molecular flexibility index (Phi) is 5.30. The van der Waals surface area contributed by atoms with Crippen molar-refractivity contribution in [2.45, 2.75) is 65.8 Å². The third-order valence-corrected chi connectivity index (χ3v) is 5.97. The molecule has 1 aliphatic rings. The average Bonchev–Trinajstić information content (AvgIpc) is 3.02. The Hall–Kier alpha value is -0.350. The summed E-state index contributed by atoms with van der Waals surface area (Å²) >= 11 is 3.77. The zero-order valence-corrected chi connectivity index (χ0v) is 14.7. The first-order chi connectivity index (χ1) is 9.59. The minimum atomic E-state index is 0.293. The molecule has 1 aliphatic carbocycles. The smallest absolute Gasteiger partial charge is 0.0766 e. The summed E-state index contributed by atoms with van der Waals surface area (Å²) < 4.78 is 3.38. The van der Waals surface area contributed by atoms with Crippen molar-refractivity contribution in [2.75, 3.05) is 6.54 Å². The Morgan fingerprint density at radius 3 is 2.65 bits per heavy atom. The Balaban J connectivity index is 2.26. The molecule has 0 aliphatic heterocycles. The number of rotatable bonds is 6. The van der Waals surface area contributed by atoms with Crippen molar-refractivity contribution in [3.63, 3.8) is 0 Å². The number of nitrogens with zero attached hydrogens (tertiary/aromatic N) is 2. The summed E-state index contributed by atoms with van der Waals surface area (Å²) in [7, 11) is 0. The van der Waals surface area contributed by atoms with Crippen LogP contribution in [0.2, 0.25) is 0 Å². The minimum Gasteiger partial charge on any atom is -0.330 e. The zero-order chi connectivity index (χ0) is 14.8. The Morgan fingerprint density at radius 1 is 1.40 bits per heavy atom. The van der Waals surface area contributed by atoms with E-state index in [1.807, 2.05) is 0 Å². The Bertz CT molecular complexity index is 455. The number of halogens is 1. The number of hydrogen-bond donors (Lipinski definition) is 1. The number of aryl methyl sites for hydroxylation is 2. The van der Waals surface area contributed by atoms with Crippen LogP contribution in [-0.4, -0.2) is 16.3 Å². The van der Waals surface area contributed by atoms with Crippen LogP contribution in [-0.2, 0) is 19.4 Å². The van der Waals surface area contributed by atoms with Crippen molar-refractivity contribution in [2.24, 2.45) is 17.1 Å². The highest BCUT2D eigenvalue weighted by Gasteiger charge is 2.38. The lowest BCUT2D eigenvalue weighted by atomic mass is 9.80. The molecule has 2 N–H and O–H groups in total. The van der Waals surface area contributed by atoms with Gasteiger partial charge in [0.15, 0.2) is 0 Å². The van der Waals surface area contributed by atoms with E-state index in [1.54, 1.807) is 0 Å². The summed E-state index contributed by atoms with van der Waals surface area (Å²) in [6.07, 6.45) is 7.23. The molecule has 3 nitrogen and oxygen atoms in total. The molecule has 1 saturated carbocycles. The molecule has 2 unspecified atom stereocenters. The lowest BCUT2D eigenvalue weighted by molar-refractivity contribution is 0.282. The highest BCUT2D eigenvalue weighted by molar-refractivity contribution is 9.10. The van der Waals surface area contributed by atoms with Crippen LogP contribution in [0, 0.1) is 11.3 Å². The topological polar surface area (TPSA) is 43.8 Å². The molecule has 1 heterocycles. The molecule has 0 bridgehead atoms. The first-order valence-corrected chi connectivity index (χ1v) is 8.82. The maximum Gasteiger partial charge on any atom is 0.0766 e. The van der Waals surface area contributed by atoms with Gasteiger partial charge in [-0.05, 0) is 72.8 Å². The van der Waals surface area contributed by atoms with E-state index in [9.17, 15) is 0 Å². The summed E-state index contributed by atoms with van der Waals surface area (Å²) in [4.78, 5) is 0. The van der Waals surface area contributed by atoms with E-state index < -0.39 is 0 Å². The molecule has 0 spiro atoms. The van der Waals surface area contributed by atoms with Crippen molar-refractivity contribution < 1.29 is 0 Å². The van der Waals surface area contributed by atoms with Gasteiger partial charge in [-0.1, -0.05) is 20.3 Å². The van der Waals surface area contributed by atoms with Gasteiger partial charge in [-0.3, -0.25) is 4.68 Å². The van der Waals surface area contributed by atoms with Crippen LogP contribution in [0.1, 0.15) is 57.8 Å². The van der Waals surface area contributed by atoms with E-state index in [2.05, 4.69) is 41.4 Å². The molecule has 2 atom stereocenters. The summed E-state index contributed by atoms with van der Waals surface area (Å²) in [5, 5.41) is 4.72. The maximum absolute atomic E-state index is 6.17. The molecule has 0 aromatic carbocycles. The molecule has 2 rings (SSSR count). The number of hydrogen-bond acceptors (Lipinski definition) is 2. The highest BCUT2D eigenvalue weighted by Crippen LogP contribution is 2.45. The molecule has 1 aromatic rings. The van der Waals surface area contributed by atoms with Gasteiger partial charge in [0.2, 0.25) is 0 Å². The lowest BCUT2D eigenvalue weighted by Gasteiger charge is -2.28. The average molecular weight is 342 g/mol. The largest absolute Gasteiger partial charge is 0.330 e. The summed E-state index contributed by atoms with van der Waals surface area (Å²) in [5.74, 6) is 0.862. The van der Waals surface area contributed by atoms with Crippen LogP contribution in [0.3, 0.4) is 0 Å². The van der Waals surface area contributed by atoms with Gasteiger partial charge in [0.25, 0.3) is 0 Å². The van der Waals surface area contributed by atoms with Crippen LogP contribution >= 0.6 is 15.9 Å². The van der Waals surface area contributed by atoms with Crippen LogP contribution in [0.15, 0.2) is 4.47 Å². The third kappa shape index (κ3) is 2.96. The van der Waals surface area contributed by atoms with Gasteiger partial charge >= 0.3 is 0 Å². The van der Waals surface area contributed by atoms with Crippen molar-refractivity contribution in [3.8, 4) is 0 Å². The fourth-order valence-corrected chi connectivity index (χ4v) is 4.34. The molecule has 1 fully saturated rings. The number of nitrogens with two attached hydrogens (primary N) is 1. The molecule has 0 radical (unpaired) electrons. The van der Waals surface area contributed by atoms with Crippen LogP contribution < -0.4 is 5.73 Å². The number of aromatic nitrogens is 2. The van der Waals surface area contributed by atoms with Crippen LogP contribution in [0.5, 0.6) is 0 Å². The predicted molar refractivity (Wildman–Crippen MR) is 87.8 cm³/mol. The molecule has 4 heteroatoms. The van der Waals surface area contributed by atoms with Crippen LogP contribution in [0.25, 0.3) is 0 Å². The van der Waals surface area contributed by atoms with Crippen molar-refractivity contribution in [1.29, 1.82) is 0 Å². The van der Waals surface area contributed by atoms with E-state index in [0.717, 1.165) is 31.8 Å². The molecular formula is C16H28BrN3. The van der Waals surface area contributed by atoms with E-state index in [0.29, 0.717) is 5.41 Å². The Morgan fingerprint density at radius 2 is 2.15 bits per heavy atom. The predicted octanol–water partition coefficient (Wildman–Crippen LogP) is 3.93. The van der Waals surface area contributed by atoms with Gasteiger partial charge in [-0.2, -0.15) is 5.10 Å². The molecule has 0 saturated heterocycles. The van der Waals surface area contributed by atoms with Crippen molar-refractivity contribution in [3.05, 3.63) is 15.9 Å². The zero-order valence-electron chi connectivity index (χ0n) is 13.1. The summed E-state index contributed by atoms with van der Waals surface area (Å²) in [5.41, 5.74) is 9.00. The lowest BCUT2D eigenvalue weighted by Crippen LogP contribution is -2.31. The second-order valence-corrected chi connectivity index (χ2v) is 7.07. The minimum absolute atomic E-state index is 0.293. The van der Waals surface area contributed by atoms with Gasteiger partial charge in [-0.25, -0.2) is 0 Å². The fourth-order valence-electron chi connectivity index (χ4n) is 3.63. The second-order valence-electron chi connectivity index (χ2n) is 6.27. The van der Waals surface area contributed by atoms with Gasteiger partial charge in [0, 0.05) is 6.54 Å². The van der Waals surface area contributed by atoms with Crippen molar-refractivity contribution >= 4 is 15.9 Å². The summed E-state index contributed by atoms with van der Waals surface area (Å²) in [6.45, 7) is 8.37. The first-order valence-electron chi connectivity index (χ1n) is 8.03. The maximum atomic E-state index is 6.17. The highest BCUT2D eigenvalue weighted by atomic mass is 79.9. The monoisotopic (exact) mass is 341 g/mol. The quantitative estimate of drug-likeness (QED) is 0.851. The molecule has 20 heavy (non-hydrogen) atoms. The fraction of sp³-hybridized carbons (Fsp3) is 0.812. The standard InChI is InChI=1S/C16H28BrN3/c1-4-12-7-8-16(9-12,11-18)10-14-15(17)13(5-2)19-20(14)6-3/h12H,4-11,18H2,1-3H3. The summed E-state index contributed by atoms with van der Waals surface area (Å²) in [6, 6.07) is 0. The Labute approximate surface area is 131 Å². The van der Waals surface area contributed by atoms with Gasteiger partial charge in [0.05, 0.1) is 15.9 Å². The van der Waals surface area contributed by atoms with Crippen molar-refractivity contribution in [1.82, 2.24) is 9.78 Å². The molecule has 114 valence electrons. The van der Waals surface area contributed by atoms with Gasteiger partial charge in [0.1, 0.15) is 0 Å². The second kappa shape index (κ2) is 6.61. The third-order valence-electron chi connectivity index (χ3n) is 5.05. The van der Waals surface area contributed by atoms with E-state index >= 15 is 0 Å². The van der Waals surface area contributed by atoms with Crippen LogP contribution in [0.4, 0.5) is 0 Å². The normalized spacial score (nSPS) is 26.4. The van der Waals surface area contributed by atoms with E-state index in [-0.39, 0.29) is 0 Å². The van der Waals surface area contributed by atoms with E-state index in [1.165, 1.54) is 41.5 Å². The van der Waals surface area contributed by atoms with Gasteiger partial charge in [-0.15, -0.1) is 0 Å². The SMILES string of the molecule is CCc1nn(CC)c(CC2(CN)CCC(CC)C2)c1Br. The molecule has 0 amide bonds. The van der Waals surface area contributed by atoms with E-state index in [4.69, 9.17) is 10.8 Å². The molecular weight excluding hydrogens is 314 g/mol. The molecule has 1 aromatic heterocycles. The first kappa shape index (κ1) is 16.0. The van der Waals surface area contributed by atoms with Gasteiger partial charge < -0.3 is 5.73 Å².